The van der Waals surface area contributed by atoms with Crippen molar-refractivity contribution in [3.05, 3.63) is 64.8 Å². The maximum Gasteiger partial charge on any atom is 0.156 e. The molecule has 6 heteroatoms. The molecule has 0 unspecified atom stereocenters. The molecule has 0 aliphatic carbocycles. The lowest BCUT2D eigenvalue weighted by Crippen LogP contribution is -2.02. The van der Waals surface area contributed by atoms with Crippen LogP contribution in [0, 0.1) is 25.7 Å². The lowest BCUT2D eigenvalue weighted by atomic mass is 10.2. The number of pyridine rings is 1. The highest BCUT2D eigenvalue weighted by Crippen LogP contribution is 2.15. The van der Waals surface area contributed by atoms with Gasteiger partial charge in [-0.25, -0.2) is 15.0 Å². The second-order valence-electron chi connectivity index (χ2n) is 4.61. The Balaban J connectivity index is 2.01. The van der Waals surface area contributed by atoms with Crippen LogP contribution in [0.25, 0.3) is 5.82 Å². The van der Waals surface area contributed by atoms with E-state index in [1.54, 1.807) is 36.9 Å². The zero-order valence-corrected chi connectivity index (χ0v) is 12.8. The molecule has 108 valence electrons. The van der Waals surface area contributed by atoms with E-state index in [0.717, 1.165) is 22.9 Å². The Bertz CT molecular complexity index is 875. The van der Waals surface area contributed by atoms with E-state index in [2.05, 4.69) is 31.8 Å². The van der Waals surface area contributed by atoms with Crippen LogP contribution < -0.4 is 0 Å². The van der Waals surface area contributed by atoms with Gasteiger partial charge < -0.3 is 0 Å². The fraction of sp³-hybridized carbons (Fsp3) is 0.125. The highest BCUT2D eigenvalue weighted by molar-refractivity contribution is 6.29. The van der Waals surface area contributed by atoms with Gasteiger partial charge in [0.05, 0.1) is 11.9 Å². The van der Waals surface area contributed by atoms with E-state index >= 15 is 0 Å². The minimum absolute atomic E-state index is 0.421. The van der Waals surface area contributed by atoms with Crippen molar-refractivity contribution in [3.63, 3.8) is 0 Å². The average molecular weight is 310 g/mol. The van der Waals surface area contributed by atoms with Gasteiger partial charge in [0.1, 0.15) is 16.7 Å². The highest BCUT2D eigenvalue weighted by Gasteiger charge is 2.11. The van der Waals surface area contributed by atoms with Crippen LogP contribution in [0.4, 0.5) is 0 Å². The maximum atomic E-state index is 5.85. The Labute approximate surface area is 133 Å². The number of aromatic nitrogens is 5. The predicted molar refractivity (Wildman–Crippen MR) is 83.9 cm³/mol. The average Bonchev–Trinajstić information content (AvgIpc) is 2.80. The molecule has 0 aliphatic heterocycles. The molecule has 0 spiro atoms. The van der Waals surface area contributed by atoms with Crippen molar-refractivity contribution in [2.75, 3.05) is 0 Å². The molecule has 3 rings (SSSR count). The number of imidazole rings is 1. The molecule has 0 N–H and O–H groups in total. The van der Waals surface area contributed by atoms with Gasteiger partial charge in [-0.2, -0.15) is 0 Å². The minimum atomic E-state index is 0.421. The maximum absolute atomic E-state index is 5.85. The Morgan fingerprint density at radius 3 is 2.68 bits per heavy atom. The summed E-state index contributed by atoms with van der Waals surface area (Å²) in [6.07, 6.45) is 6.61. The van der Waals surface area contributed by atoms with Gasteiger partial charge in [0, 0.05) is 24.2 Å². The topological polar surface area (TPSA) is 56.5 Å². The van der Waals surface area contributed by atoms with Gasteiger partial charge in [0.25, 0.3) is 0 Å². The van der Waals surface area contributed by atoms with Gasteiger partial charge in [0.15, 0.2) is 5.82 Å². The van der Waals surface area contributed by atoms with E-state index in [4.69, 9.17) is 11.6 Å². The third-order valence-electron chi connectivity index (χ3n) is 3.11. The Hall–Kier alpha value is -2.71. The van der Waals surface area contributed by atoms with Crippen molar-refractivity contribution < 1.29 is 0 Å². The quantitative estimate of drug-likeness (QED) is 0.512. The van der Waals surface area contributed by atoms with Gasteiger partial charge in [-0.15, -0.1) is 0 Å². The minimum Gasteiger partial charge on any atom is -0.283 e. The molecule has 0 atom stereocenters. The first kappa shape index (κ1) is 14.2. The fourth-order valence-corrected chi connectivity index (χ4v) is 2.29. The third kappa shape index (κ3) is 2.83. The Kier molecular flexibility index (Phi) is 3.86. The summed E-state index contributed by atoms with van der Waals surface area (Å²) in [5.41, 5.74) is 2.42. The number of aryl methyl sites for hydroxylation is 1. The zero-order chi connectivity index (χ0) is 15.5. The highest BCUT2D eigenvalue weighted by atomic mass is 35.5. The summed E-state index contributed by atoms with van der Waals surface area (Å²) in [5, 5.41) is 0.421. The summed E-state index contributed by atoms with van der Waals surface area (Å²) < 4.78 is 1.93. The molecule has 0 amide bonds. The summed E-state index contributed by atoms with van der Waals surface area (Å²) in [7, 11) is 0. The van der Waals surface area contributed by atoms with Crippen LogP contribution in [-0.4, -0.2) is 24.5 Å². The smallest absolute Gasteiger partial charge is 0.156 e. The molecule has 0 radical (unpaired) electrons. The van der Waals surface area contributed by atoms with Crippen LogP contribution in [0.1, 0.15) is 22.8 Å². The van der Waals surface area contributed by atoms with Crippen LogP contribution in [-0.2, 0) is 0 Å². The normalized spacial score (nSPS) is 10.1. The molecule has 0 fully saturated rings. The molecule has 3 aromatic rings. The first-order chi connectivity index (χ1) is 10.6. The fourth-order valence-electron chi connectivity index (χ4n) is 2.12. The van der Waals surface area contributed by atoms with E-state index in [9.17, 15) is 0 Å². The lowest BCUT2D eigenvalue weighted by molar-refractivity contribution is 0.891. The molecule has 22 heavy (non-hydrogen) atoms. The van der Waals surface area contributed by atoms with Crippen LogP contribution >= 0.6 is 11.6 Å². The number of rotatable bonds is 1. The molecule has 0 bridgehead atoms. The second kappa shape index (κ2) is 5.96. The second-order valence-corrected chi connectivity index (χ2v) is 5.00. The zero-order valence-electron chi connectivity index (χ0n) is 12.1. The van der Waals surface area contributed by atoms with E-state index in [1.165, 1.54) is 0 Å². The van der Waals surface area contributed by atoms with Crippen molar-refractivity contribution in [2.45, 2.75) is 13.8 Å². The summed E-state index contributed by atoms with van der Waals surface area (Å²) in [4.78, 5) is 16.8. The van der Waals surface area contributed by atoms with E-state index in [-0.39, 0.29) is 0 Å². The summed E-state index contributed by atoms with van der Waals surface area (Å²) in [5.74, 6) is 7.66. The van der Waals surface area contributed by atoms with Crippen molar-refractivity contribution in [2.24, 2.45) is 0 Å². The number of hydrogen-bond acceptors (Lipinski definition) is 4. The van der Waals surface area contributed by atoms with Gasteiger partial charge >= 0.3 is 0 Å². The Morgan fingerprint density at radius 1 is 1.09 bits per heavy atom. The third-order valence-corrected chi connectivity index (χ3v) is 3.31. The largest absolute Gasteiger partial charge is 0.283 e. The SMILES string of the molecule is Cc1nc(C#Cc2ccnc(Cl)c2)c(C)n1-c1cnccn1. The van der Waals surface area contributed by atoms with Gasteiger partial charge in [-0.1, -0.05) is 17.5 Å². The van der Waals surface area contributed by atoms with Crippen molar-refractivity contribution in [1.82, 2.24) is 24.5 Å². The van der Waals surface area contributed by atoms with Crippen LogP contribution in [0.2, 0.25) is 5.15 Å². The standard InChI is InChI=1S/C16H12ClN5/c1-11-14(4-3-13-5-6-19-15(17)9-13)21-12(2)22(11)16-10-18-7-8-20-16/h5-10H,1-2H3. The van der Waals surface area contributed by atoms with Crippen molar-refractivity contribution in [1.29, 1.82) is 0 Å². The molecule has 0 aliphatic rings. The van der Waals surface area contributed by atoms with Gasteiger partial charge in [-0.05, 0) is 31.9 Å². The molecule has 0 saturated carbocycles. The number of nitrogens with zero attached hydrogens (tertiary/aromatic N) is 5. The molecule has 3 heterocycles. The number of hydrogen-bond donors (Lipinski definition) is 0. The van der Waals surface area contributed by atoms with E-state index in [0.29, 0.717) is 10.8 Å². The molecule has 0 aromatic carbocycles. The van der Waals surface area contributed by atoms with Crippen LogP contribution in [0.5, 0.6) is 0 Å². The number of halogens is 1. The van der Waals surface area contributed by atoms with E-state index in [1.807, 2.05) is 18.4 Å². The summed E-state index contributed by atoms with van der Waals surface area (Å²) in [6, 6.07) is 3.52. The van der Waals surface area contributed by atoms with Crippen LogP contribution in [0.15, 0.2) is 36.9 Å². The Morgan fingerprint density at radius 2 is 1.95 bits per heavy atom. The predicted octanol–water partition coefficient (Wildman–Crippen LogP) is 2.73. The lowest BCUT2D eigenvalue weighted by Gasteiger charge is -2.04. The van der Waals surface area contributed by atoms with Gasteiger partial charge in [0.2, 0.25) is 0 Å². The molecule has 5 nitrogen and oxygen atoms in total. The molecule has 3 aromatic heterocycles. The van der Waals surface area contributed by atoms with Crippen molar-refractivity contribution >= 4 is 11.6 Å². The first-order valence-electron chi connectivity index (χ1n) is 6.61. The molecular formula is C16H12ClN5. The van der Waals surface area contributed by atoms with Crippen molar-refractivity contribution in [3.8, 4) is 17.7 Å². The van der Waals surface area contributed by atoms with Crippen LogP contribution in [0.3, 0.4) is 0 Å². The summed E-state index contributed by atoms with van der Waals surface area (Å²) in [6.45, 7) is 3.87. The molecule has 0 saturated heterocycles. The first-order valence-corrected chi connectivity index (χ1v) is 6.99. The van der Waals surface area contributed by atoms with E-state index < -0.39 is 0 Å². The van der Waals surface area contributed by atoms with Gasteiger partial charge in [-0.3, -0.25) is 9.55 Å². The monoisotopic (exact) mass is 309 g/mol. The molecular weight excluding hydrogens is 298 g/mol. The summed E-state index contributed by atoms with van der Waals surface area (Å²) >= 11 is 5.85.